The van der Waals surface area contributed by atoms with Crippen LogP contribution >= 0.6 is 0 Å². The Balaban J connectivity index is 2.01. The van der Waals surface area contributed by atoms with Crippen LogP contribution in [0.2, 0.25) is 0 Å². The highest BCUT2D eigenvalue weighted by atomic mass is 16.5. The highest BCUT2D eigenvalue weighted by molar-refractivity contribution is 5.81. The summed E-state index contributed by atoms with van der Waals surface area (Å²) in [5, 5.41) is 3.71. The van der Waals surface area contributed by atoms with Gasteiger partial charge >= 0.3 is 6.03 Å². The van der Waals surface area contributed by atoms with Crippen molar-refractivity contribution >= 4 is 12.2 Å². The molecule has 0 radical (unpaired) electrons. The molecule has 0 aliphatic rings. The van der Waals surface area contributed by atoms with Crippen molar-refractivity contribution in [1.29, 1.82) is 0 Å². The number of nitrogens with one attached hydrogen (secondary N) is 1. The van der Waals surface area contributed by atoms with Gasteiger partial charge in [0.05, 0.1) is 6.21 Å². The minimum Gasteiger partial charge on any atom is -0.457 e. The predicted molar refractivity (Wildman–Crippen MR) is 96.6 cm³/mol. The average molecular weight is 325 g/mol. The topological polar surface area (TPSA) is 76.7 Å². The molecule has 0 saturated carbocycles. The second-order valence-corrected chi connectivity index (χ2v) is 6.17. The summed E-state index contributed by atoms with van der Waals surface area (Å²) in [7, 11) is 0. The fourth-order valence-corrected chi connectivity index (χ4v) is 2.11. The quantitative estimate of drug-likeness (QED) is 0.618. The molecule has 3 N–H and O–H groups in total. The average Bonchev–Trinajstić information content (AvgIpc) is 2.57. The third-order valence-corrected chi connectivity index (χ3v) is 4.02. The number of hydrogen-bond donors (Lipinski definition) is 2. The first-order chi connectivity index (χ1) is 11.4. The SMILES string of the molecule is CCC(C)(C)c1ccc(Oc2ccc(/C=N/NC(N)=O)cc2)cc1. The van der Waals surface area contributed by atoms with Gasteiger partial charge in [-0.15, -0.1) is 0 Å². The lowest BCUT2D eigenvalue weighted by molar-refractivity contribution is 0.249. The van der Waals surface area contributed by atoms with Crippen molar-refractivity contribution in [3.8, 4) is 11.5 Å². The van der Waals surface area contributed by atoms with Gasteiger partial charge in [-0.05, 0) is 59.4 Å². The van der Waals surface area contributed by atoms with Crippen LogP contribution in [0.1, 0.15) is 38.3 Å². The molecule has 2 rings (SSSR count). The fraction of sp³-hybridized carbons (Fsp3) is 0.263. The Labute approximate surface area is 142 Å². The summed E-state index contributed by atoms with van der Waals surface area (Å²) in [5.41, 5.74) is 9.37. The summed E-state index contributed by atoms with van der Waals surface area (Å²) in [4.78, 5) is 10.5. The number of hydrogen-bond acceptors (Lipinski definition) is 3. The molecule has 0 spiro atoms. The van der Waals surface area contributed by atoms with Crippen molar-refractivity contribution < 1.29 is 9.53 Å². The van der Waals surface area contributed by atoms with E-state index < -0.39 is 6.03 Å². The van der Waals surface area contributed by atoms with Crippen LogP contribution in [0.5, 0.6) is 11.5 Å². The number of carbonyl (C=O) groups is 1. The van der Waals surface area contributed by atoms with Gasteiger partial charge in [-0.2, -0.15) is 5.10 Å². The first-order valence-electron chi connectivity index (χ1n) is 7.87. The van der Waals surface area contributed by atoms with Crippen LogP contribution in [0, 0.1) is 0 Å². The Hall–Kier alpha value is -2.82. The third kappa shape index (κ3) is 4.84. The lowest BCUT2D eigenvalue weighted by atomic mass is 9.82. The highest BCUT2D eigenvalue weighted by Gasteiger charge is 2.17. The molecule has 0 heterocycles. The van der Waals surface area contributed by atoms with Crippen LogP contribution in [0.4, 0.5) is 4.79 Å². The molecular weight excluding hydrogens is 302 g/mol. The van der Waals surface area contributed by atoms with E-state index in [9.17, 15) is 4.79 Å². The zero-order chi connectivity index (χ0) is 17.6. The minimum atomic E-state index is -0.694. The van der Waals surface area contributed by atoms with Gasteiger partial charge in [-0.1, -0.05) is 32.9 Å². The van der Waals surface area contributed by atoms with Crippen LogP contribution < -0.4 is 15.9 Å². The Morgan fingerprint density at radius 1 is 1.12 bits per heavy atom. The van der Waals surface area contributed by atoms with Gasteiger partial charge in [0.15, 0.2) is 0 Å². The van der Waals surface area contributed by atoms with Crippen LogP contribution in [0.25, 0.3) is 0 Å². The predicted octanol–water partition coefficient (Wildman–Crippen LogP) is 4.17. The van der Waals surface area contributed by atoms with Gasteiger partial charge in [0.2, 0.25) is 0 Å². The molecule has 0 atom stereocenters. The largest absolute Gasteiger partial charge is 0.457 e. The summed E-state index contributed by atoms with van der Waals surface area (Å²) in [6.45, 7) is 6.65. The van der Waals surface area contributed by atoms with Crippen molar-refractivity contribution in [3.05, 3.63) is 59.7 Å². The third-order valence-electron chi connectivity index (χ3n) is 4.02. The molecule has 2 aromatic carbocycles. The van der Waals surface area contributed by atoms with E-state index in [4.69, 9.17) is 10.5 Å². The molecule has 0 aliphatic carbocycles. The maximum Gasteiger partial charge on any atom is 0.332 e. The van der Waals surface area contributed by atoms with Crippen molar-refractivity contribution in [2.45, 2.75) is 32.6 Å². The normalized spacial score (nSPS) is 11.5. The molecule has 0 fully saturated rings. The molecule has 0 bridgehead atoms. The summed E-state index contributed by atoms with van der Waals surface area (Å²) < 4.78 is 5.84. The van der Waals surface area contributed by atoms with Crippen LogP contribution in [0.15, 0.2) is 53.6 Å². The zero-order valence-electron chi connectivity index (χ0n) is 14.2. The van der Waals surface area contributed by atoms with Crippen molar-refractivity contribution in [2.75, 3.05) is 0 Å². The van der Waals surface area contributed by atoms with Crippen molar-refractivity contribution in [2.24, 2.45) is 10.8 Å². The molecule has 0 aromatic heterocycles. The maximum atomic E-state index is 10.5. The van der Waals surface area contributed by atoms with Crippen molar-refractivity contribution in [3.63, 3.8) is 0 Å². The van der Waals surface area contributed by atoms with E-state index in [1.807, 2.05) is 36.4 Å². The Morgan fingerprint density at radius 3 is 2.17 bits per heavy atom. The number of rotatable bonds is 6. The summed E-state index contributed by atoms with van der Waals surface area (Å²) in [6.07, 6.45) is 2.59. The first-order valence-corrected chi connectivity index (χ1v) is 7.87. The molecule has 5 nitrogen and oxygen atoms in total. The van der Waals surface area contributed by atoms with E-state index in [2.05, 4.69) is 43.4 Å². The molecule has 126 valence electrons. The Kier molecular flexibility index (Phi) is 5.58. The van der Waals surface area contributed by atoms with Gasteiger partial charge in [-0.3, -0.25) is 0 Å². The lowest BCUT2D eigenvalue weighted by Gasteiger charge is -2.23. The number of benzene rings is 2. The minimum absolute atomic E-state index is 0.165. The first kappa shape index (κ1) is 17.5. The zero-order valence-corrected chi connectivity index (χ0v) is 14.2. The van der Waals surface area contributed by atoms with E-state index in [0.29, 0.717) is 0 Å². The molecule has 24 heavy (non-hydrogen) atoms. The van der Waals surface area contributed by atoms with Crippen LogP contribution in [0.3, 0.4) is 0 Å². The molecule has 2 amide bonds. The van der Waals surface area contributed by atoms with Gasteiger partial charge in [0.1, 0.15) is 11.5 Å². The van der Waals surface area contributed by atoms with Gasteiger partial charge < -0.3 is 10.5 Å². The van der Waals surface area contributed by atoms with E-state index in [1.54, 1.807) is 0 Å². The Morgan fingerprint density at radius 2 is 1.67 bits per heavy atom. The summed E-state index contributed by atoms with van der Waals surface area (Å²) >= 11 is 0. The van der Waals surface area contributed by atoms with E-state index in [-0.39, 0.29) is 5.41 Å². The monoisotopic (exact) mass is 325 g/mol. The maximum absolute atomic E-state index is 10.5. The molecule has 0 saturated heterocycles. The van der Waals surface area contributed by atoms with E-state index in [1.165, 1.54) is 11.8 Å². The van der Waals surface area contributed by atoms with Gasteiger partial charge in [0, 0.05) is 0 Å². The second kappa shape index (κ2) is 7.64. The number of hydrazone groups is 1. The molecule has 5 heteroatoms. The Bertz CT molecular complexity index is 704. The number of carbonyl (C=O) groups excluding carboxylic acids is 1. The number of nitrogens with zero attached hydrogens (tertiary/aromatic N) is 1. The summed E-state index contributed by atoms with van der Waals surface area (Å²) in [5.74, 6) is 1.53. The van der Waals surface area contributed by atoms with E-state index in [0.717, 1.165) is 23.5 Å². The van der Waals surface area contributed by atoms with Crippen molar-refractivity contribution in [1.82, 2.24) is 5.43 Å². The van der Waals surface area contributed by atoms with Crippen LogP contribution in [-0.4, -0.2) is 12.2 Å². The smallest absolute Gasteiger partial charge is 0.332 e. The number of primary amides is 1. The van der Waals surface area contributed by atoms with E-state index >= 15 is 0 Å². The number of amides is 2. The molecule has 2 aromatic rings. The number of ether oxygens (including phenoxy) is 1. The van der Waals surface area contributed by atoms with Crippen LogP contribution in [-0.2, 0) is 5.41 Å². The lowest BCUT2D eigenvalue weighted by Crippen LogP contribution is -2.24. The standard InChI is InChI=1S/C19H23N3O2/c1-4-19(2,3)15-7-11-17(12-8-15)24-16-9-5-14(6-10-16)13-21-22-18(20)23/h5-13H,4H2,1-3H3,(H3,20,22,23)/b21-13+. The molecule has 0 unspecified atom stereocenters. The number of nitrogens with two attached hydrogens (primary N) is 1. The molecular formula is C19H23N3O2. The highest BCUT2D eigenvalue weighted by Crippen LogP contribution is 2.29. The van der Waals surface area contributed by atoms with Gasteiger partial charge in [0.25, 0.3) is 0 Å². The second-order valence-electron chi connectivity index (χ2n) is 6.17. The molecule has 0 aliphatic heterocycles. The summed E-state index contributed by atoms with van der Waals surface area (Å²) in [6, 6.07) is 14.9. The van der Waals surface area contributed by atoms with Gasteiger partial charge in [-0.25, -0.2) is 10.2 Å². The fourth-order valence-electron chi connectivity index (χ4n) is 2.11. The number of urea groups is 1.